The molecule has 0 radical (unpaired) electrons. The molecule has 0 rings (SSSR count). The molecule has 0 aromatic carbocycles. The molecular formula is C8H18FN3O2. The molecule has 0 aromatic heterocycles. The van der Waals surface area contributed by atoms with Gasteiger partial charge in [0.15, 0.2) is 0 Å². The first kappa shape index (κ1) is 13.1. The van der Waals surface area contributed by atoms with Gasteiger partial charge in [0.25, 0.3) is 0 Å². The maximum atomic E-state index is 12.1. The van der Waals surface area contributed by atoms with E-state index in [0.717, 1.165) is 0 Å². The molecule has 0 bridgehead atoms. The van der Waals surface area contributed by atoms with Crippen LogP contribution in [0.4, 0.5) is 4.39 Å². The number of oxime groups is 1. The summed E-state index contributed by atoms with van der Waals surface area (Å²) in [7, 11) is 1.59. The molecule has 0 saturated heterocycles. The Morgan fingerprint density at radius 1 is 1.50 bits per heavy atom. The molecule has 5 nitrogen and oxygen atoms in total. The summed E-state index contributed by atoms with van der Waals surface area (Å²) >= 11 is 0. The first-order chi connectivity index (χ1) is 6.74. The van der Waals surface area contributed by atoms with E-state index < -0.39 is 6.67 Å². The first-order valence-corrected chi connectivity index (χ1v) is 4.48. The van der Waals surface area contributed by atoms with Gasteiger partial charge < -0.3 is 15.7 Å². The Balaban J connectivity index is 3.71. The molecule has 0 spiro atoms. The molecule has 0 unspecified atom stereocenters. The Morgan fingerprint density at radius 2 is 2.21 bits per heavy atom. The molecular weight excluding hydrogens is 189 g/mol. The van der Waals surface area contributed by atoms with E-state index in [4.69, 9.17) is 15.7 Å². The third-order valence-corrected chi connectivity index (χ3v) is 1.83. The number of ether oxygens (including phenoxy) is 1. The first-order valence-electron chi connectivity index (χ1n) is 4.48. The van der Waals surface area contributed by atoms with Crippen LogP contribution < -0.4 is 5.73 Å². The van der Waals surface area contributed by atoms with Crippen LogP contribution in [-0.2, 0) is 4.74 Å². The van der Waals surface area contributed by atoms with Crippen LogP contribution >= 0.6 is 0 Å². The number of amidine groups is 1. The van der Waals surface area contributed by atoms with E-state index in [2.05, 4.69) is 5.16 Å². The number of alkyl halides is 1. The van der Waals surface area contributed by atoms with E-state index in [1.807, 2.05) is 4.90 Å². The minimum atomic E-state index is -0.403. The smallest absolute Gasteiger partial charge is 0.140 e. The summed E-state index contributed by atoms with van der Waals surface area (Å²) in [5.74, 6) is 0.159. The Kier molecular flexibility index (Phi) is 8.16. The summed E-state index contributed by atoms with van der Waals surface area (Å²) in [5.41, 5.74) is 5.29. The van der Waals surface area contributed by atoms with E-state index in [1.165, 1.54) is 0 Å². The number of rotatable bonds is 8. The SMILES string of the molecule is COCCN(CCF)CCC(N)=NO. The molecule has 0 aliphatic carbocycles. The second-order valence-electron chi connectivity index (χ2n) is 2.86. The van der Waals surface area contributed by atoms with Gasteiger partial charge in [0.1, 0.15) is 12.5 Å². The minimum absolute atomic E-state index is 0.159. The molecule has 0 fully saturated rings. The van der Waals surface area contributed by atoms with Gasteiger partial charge in [-0.05, 0) is 0 Å². The molecule has 0 amide bonds. The number of nitrogens with zero attached hydrogens (tertiary/aromatic N) is 2. The van der Waals surface area contributed by atoms with Crippen molar-refractivity contribution in [2.45, 2.75) is 6.42 Å². The average molecular weight is 207 g/mol. The highest BCUT2D eigenvalue weighted by Gasteiger charge is 2.05. The van der Waals surface area contributed by atoms with E-state index in [1.54, 1.807) is 7.11 Å². The van der Waals surface area contributed by atoms with E-state index >= 15 is 0 Å². The summed E-state index contributed by atoms with van der Waals surface area (Å²) in [6, 6.07) is 0. The highest BCUT2D eigenvalue weighted by molar-refractivity contribution is 5.79. The van der Waals surface area contributed by atoms with Crippen LogP contribution in [0.25, 0.3) is 0 Å². The summed E-state index contributed by atoms with van der Waals surface area (Å²) in [4.78, 5) is 1.86. The third-order valence-electron chi connectivity index (χ3n) is 1.83. The maximum Gasteiger partial charge on any atom is 0.140 e. The standard InChI is InChI=1S/C8H18FN3O2/c1-14-7-6-12(5-3-9)4-2-8(10)11-13/h13H,2-7H2,1H3,(H2,10,11). The lowest BCUT2D eigenvalue weighted by molar-refractivity contribution is 0.144. The minimum Gasteiger partial charge on any atom is -0.409 e. The van der Waals surface area contributed by atoms with Crippen molar-refractivity contribution in [3.8, 4) is 0 Å². The lowest BCUT2D eigenvalue weighted by Crippen LogP contribution is -2.32. The molecule has 0 aliphatic heterocycles. The third kappa shape index (κ3) is 6.62. The van der Waals surface area contributed by atoms with Crippen LogP contribution in [-0.4, -0.2) is 56.0 Å². The van der Waals surface area contributed by atoms with Crippen molar-refractivity contribution in [1.82, 2.24) is 4.90 Å². The number of hydrogen-bond acceptors (Lipinski definition) is 4. The predicted octanol–water partition coefficient (Wildman–Crippen LogP) is 0.0408. The fraction of sp³-hybridized carbons (Fsp3) is 0.875. The number of hydrogen-bond donors (Lipinski definition) is 2. The summed E-state index contributed by atoms with van der Waals surface area (Å²) in [6.45, 7) is 1.72. The molecule has 0 aliphatic rings. The molecule has 3 N–H and O–H groups in total. The van der Waals surface area contributed by atoms with Crippen molar-refractivity contribution in [3.63, 3.8) is 0 Å². The average Bonchev–Trinajstić information content (AvgIpc) is 2.21. The number of methoxy groups -OCH3 is 1. The van der Waals surface area contributed by atoms with Crippen LogP contribution in [0.15, 0.2) is 5.16 Å². The highest BCUT2D eigenvalue weighted by Crippen LogP contribution is 1.92. The summed E-state index contributed by atoms with van der Waals surface area (Å²) < 4.78 is 17.0. The lowest BCUT2D eigenvalue weighted by Gasteiger charge is -2.19. The number of nitrogens with two attached hydrogens (primary N) is 1. The van der Waals surface area contributed by atoms with Crippen molar-refractivity contribution >= 4 is 5.84 Å². The zero-order valence-corrected chi connectivity index (χ0v) is 8.45. The molecule has 6 heteroatoms. The van der Waals surface area contributed by atoms with Gasteiger partial charge in [-0.3, -0.25) is 4.90 Å². The van der Waals surface area contributed by atoms with Crippen molar-refractivity contribution in [1.29, 1.82) is 0 Å². The van der Waals surface area contributed by atoms with Crippen LogP contribution in [0.5, 0.6) is 0 Å². The monoisotopic (exact) mass is 207 g/mol. The van der Waals surface area contributed by atoms with Gasteiger partial charge in [-0.2, -0.15) is 0 Å². The van der Waals surface area contributed by atoms with E-state index in [9.17, 15) is 4.39 Å². The van der Waals surface area contributed by atoms with Crippen molar-refractivity contribution in [3.05, 3.63) is 0 Å². The Morgan fingerprint density at radius 3 is 2.71 bits per heavy atom. The number of halogens is 1. The zero-order valence-electron chi connectivity index (χ0n) is 8.45. The van der Waals surface area contributed by atoms with E-state index in [0.29, 0.717) is 32.7 Å². The fourth-order valence-electron chi connectivity index (χ4n) is 0.998. The van der Waals surface area contributed by atoms with Gasteiger partial charge in [-0.25, -0.2) is 4.39 Å². The molecule has 0 aromatic rings. The molecule has 14 heavy (non-hydrogen) atoms. The topological polar surface area (TPSA) is 71.1 Å². The molecule has 0 heterocycles. The van der Waals surface area contributed by atoms with Gasteiger partial charge in [0.2, 0.25) is 0 Å². The fourth-order valence-corrected chi connectivity index (χ4v) is 0.998. The second-order valence-corrected chi connectivity index (χ2v) is 2.86. The van der Waals surface area contributed by atoms with Gasteiger partial charge >= 0.3 is 0 Å². The Hall–Kier alpha value is -0.880. The normalized spacial score (nSPS) is 12.4. The van der Waals surface area contributed by atoms with Crippen LogP contribution in [0.3, 0.4) is 0 Å². The summed E-state index contributed by atoms with van der Waals surface area (Å²) in [5, 5.41) is 11.1. The van der Waals surface area contributed by atoms with Crippen molar-refractivity contribution in [2.24, 2.45) is 10.9 Å². The van der Waals surface area contributed by atoms with Gasteiger partial charge in [-0.15, -0.1) is 0 Å². The lowest BCUT2D eigenvalue weighted by atomic mass is 10.3. The Bertz CT molecular complexity index is 167. The van der Waals surface area contributed by atoms with Crippen molar-refractivity contribution in [2.75, 3.05) is 40.0 Å². The summed E-state index contributed by atoms with van der Waals surface area (Å²) in [6.07, 6.45) is 0.431. The maximum absolute atomic E-state index is 12.1. The van der Waals surface area contributed by atoms with Crippen LogP contribution in [0, 0.1) is 0 Å². The largest absolute Gasteiger partial charge is 0.409 e. The van der Waals surface area contributed by atoms with Gasteiger partial charge in [-0.1, -0.05) is 5.16 Å². The van der Waals surface area contributed by atoms with Gasteiger partial charge in [0.05, 0.1) is 6.61 Å². The predicted molar refractivity (Wildman–Crippen MR) is 52.3 cm³/mol. The molecule has 0 atom stereocenters. The van der Waals surface area contributed by atoms with E-state index in [-0.39, 0.29) is 5.84 Å². The van der Waals surface area contributed by atoms with Gasteiger partial charge in [0, 0.05) is 33.2 Å². The highest BCUT2D eigenvalue weighted by atomic mass is 19.1. The molecule has 0 saturated carbocycles. The second kappa shape index (κ2) is 8.71. The van der Waals surface area contributed by atoms with Crippen LogP contribution in [0.1, 0.15) is 6.42 Å². The zero-order chi connectivity index (χ0) is 10.8. The Labute approximate surface area is 83.3 Å². The van der Waals surface area contributed by atoms with Crippen molar-refractivity contribution < 1.29 is 14.3 Å². The molecule has 84 valence electrons. The quantitative estimate of drug-likeness (QED) is 0.255. The van der Waals surface area contributed by atoms with Crippen LogP contribution in [0.2, 0.25) is 0 Å².